The number of para-hydroxylation sites is 3. The van der Waals surface area contributed by atoms with Crippen molar-refractivity contribution in [1.29, 1.82) is 0 Å². The Hall–Kier alpha value is -4.76. The summed E-state index contributed by atoms with van der Waals surface area (Å²) in [4.78, 5) is 4.93. The fourth-order valence-corrected chi connectivity index (χ4v) is 6.55. The lowest BCUT2D eigenvalue weighted by atomic mass is 9.32. The van der Waals surface area contributed by atoms with Crippen molar-refractivity contribution in [2.75, 3.05) is 9.80 Å². The smallest absolute Gasteiger partial charge is 0.252 e. The Morgan fingerprint density at radius 3 is 1.92 bits per heavy atom. The Kier molecular flexibility index (Phi) is 4.71. The first kappa shape index (κ1) is 21.3. The SMILES string of the molecule is C1=CC2=C(c3ccccc3C1)N(c1ccccc1)c1cccc3c1B2c1ccccc1N3c1ccccc1. The standard InChI is InChI=1S/C35H25BN2/c1-3-15-26(16-4-1)37-31-22-10-9-20-29(31)36-30-21-11-14-25-13-7-8-19-28(25)35(30)38(27-17-5-2-6-18-27)33-24-12-23-32(37)34(33)36/h1-13,15-24H,14H2. The van der Waals surface area contributed by atoms with Crippen LogP contribution in [0.25, 0.3) is 5.70 Å². The van der Waals surface area contributed by atoms with E-state index in [0.29, 0.717) is 0 Å². The maximum Gasteiger partial charge on any atom is 0.252 e. The van der Waals surface area contributed by atoms with Gasteiger partial charge in [-0.2, -0.15) is 0 Å². The largest absolute Gasteiger partial charge is 0.311 e. The number of fused-ring (bicyclic) bond motifs is 5. The highest BCUT2D eigenvalue weighted by Crippen LogP contribution is 2.47. The van der Waals surface area contributed by atoms with Crippen LogP contribution in [0.2, 0.25) is 0 Å². The van der Waals surface area contributed by atoms with E-state index in [1.165, 1.54) is 61.7 Å². The van der Waals surface area contributed by atoms with Gasteiger partial charge in [0, 0.05) is 39.7 Å². The van der Waals surface area contributed by atoms with Gasteiger partial charge in [-0.25, -0.2) is 0 Å². The number of allylic oxidation sites excluding steroid dienone is 3. The van der Waals surface area contributed by atoms with Crippen LogP contribution in [0.1, 0.15) is 11.1 Å². The highest BCUT2D eigenvalue weighted by atomic mass is 15.2. The quantitative estimate of drug-likeness (QED) is 0.243. The second kappa shape index (κ2) is 8.39. The molecule has 0 bridgehead atoms. The monoisotopic (exact) mass is 484 g/mol. The predicted octanol–water partition coefficient (Wildman–Crippen LogP) is 7.29. The van der Waals surface area contributed by atoms with E-state index in [0.717, 1.165) is 6.42 Å². The van der Waals surface area contributed by atoms with Crippen LogP contribution in [-0.2, 0) is 6.42 Å². The summed E-state index contributed by atoms with van der Waals surface area (Å²) in [6.07, 6.45) is 5.67. The van der Waals surface area contributed by atoms with Gasteiger partial charge in [-0.15, -0.1) is 0 Å². The number of benzene rings is 5. The molecule has 8 rings (SSSR count). The average molecular weight is 484 g/mol. The highest BCUT2D eigenvalue weighted by Gasteiger charge is 2.44. The summed E-state index contributed by atoms with van der Waals surface area (Å²) in [5.41, 5.74) is 14.1. The highest BCUT2D eigenvalue weighted by molar-refractivity contribution is 6.96. The molecule has 0 radical (unpaired) electrons. The van der Waals surface area contributed by atoms with Gasteiger partial charge in [0.15, 0.2) is 0 Å². The van der Waals surface area contributed by atoms with Crippen molar-refractivity contribution in [3.05, 3.63) is 156 Å². The normalized spacial score (nSPS) is 14.9. The predicted molar refractivity (Wildman–Crippen MR) is 161 cm³/mol. The number of rotatable bonds is 2. The molecule has 0 aromatic heterocycles. The molecular formula is C35H25BN2. The van der Waals surface area contributed by atoms with Gasteiger partial charge in [0.2, 0.25) is 0 Å². The number of nitrogens with zero attached hydrogens (tertiary/aromatic N) is 2. The van der Waals surface area contributed by atoms with Gasteiger partial charge in [0.1, 0.15) is 0 Å². The fraction of sp³-hybridized carbons (Fsp3) is 0.0286. The Bertz CT molecular complexity index is 1750. The van der Waals surface area contributed by atoms with E-state index in [1.807, 2.05) is 0 Å². The lowest BCUT2D eigenvalue weighted by molar-refractivity contribution is 1.22. The maximum atomic E-state index is 2.50. The maximum absolute atomic E-state index is 2.50. The van der Waals surface area contributed by atoms with Gasteiger partial charge in [-0.05, 0) is 70.8 Å². The van der Waals surface area contributed by atoms with Gasteiger partial charge in [-0.1, -0.05) is 97.1 Å². The molecule has 2 heterocycles. The van der Waals surface area contributed by atoms with E-state index in [1.54, 1.807) is 0 Å². The molecule has 0 spiro atoms. The van der Waals surface area contributed by atoms with E-state index >= 15 is 0 Å². The van der Waals surface area contributed by atoms with Crippen molar-refractivity contribution < 1.29 is 0 Å². The first-order valence-electron chi connectivity index (χ1n) is 13.3. The van der Waals surface area contributed by atoms with Gasteiger partial charge < -0.3 is 9.80 Å². The van der Waals surface area contributed by atoms with E-state index in [9.17, 15) is 0 Å². The summed E-state index contributed by atoms with van der Waals surface area (Å²) in [5.74, 6) is 0. The van der Waals surface area contributed by atoms with E-state index in [2.05, 4.69) is 149 Å². The van der Waals surface area contributed by atoms with Crippen molar-refractivity contribution in [3.8, 4) is 0 Å². The molecule has 5 aromatic carbocycles. The zero-order valence-electron chi connectivity index (χ0n) is 21.0. The van der Waals surface area contributed by atoms with Crippen molar-refractivity contribution in [3.63, 3.8) is 0 Å². The van der Waals surface area contributed by atoms with Crippen LogP contribution in [0.4, 0.5) is 28.4 Å². The molecule has 3 heteroatoms. The van der Waals surface area contributed by atoms with Gasteiger partial charge in [0.05, 0.1) is 0 Å². The van der Waals surface area contributed by atoms with Crippen molar-refractivity contribution in [2.24, 2.45) is 0 Å². The molecule has 0 amide bonds. The van der Waals surface area contributed by atoms with Crippen molar-refractivity contribution >= 4 is 51.8 Å². The Labute approximate surface area is 223 Å². The Balaban J connectivity index is 1.50. The summed E-state index contributed by atoms with van der Waals surface area (Å²) in [6.45, 7) is 0.148. The van der Waals surface area contributed by atoms with Crippen molar-refractivity contribution in [1.82, 2.24) is 0 Å². The second-order valence-corrected chi connectivity index (χ2v) is 10.1. The summed E-state index contributed by atoms with van der Waals surface area (Å²) < 4.78 is 0. The molecular weight excluding hydrogens is 459 g/mol. The van der Waals surface area contributed by atoms with Gasteiger partial charge in [0.25, 0.3) is 6.71 Å². The molecule has 0 saturated heterocycles. The number of hydrogen-bond donors (Lipinski definition) is 0. The van der Waals surface area contributed by atoms with E-state index in [4.69, 9.17) is 0 Å². The third-order valence-corrected chi connectivity index (χ3v) is 8.06. The second-order valence-electron chi connectivity index (χ2n) is 10.1. The van der Waals surface area contributed by atoms with Gasteiger partial charge in [-0.3, -0.25) is 0 Å². The summed E-state index contributed by atoms with van der Waals surface area (Å²) >= 11 is 0. The molecule has 3 aliphatic rings. The molecule has 2 aliphatic heterocycles. The first-order chi connectivity index (χ1) is 18.9. The van der Waals surface area contributed by atoms with Crippen LogP contribution in [0.15, 0.2) is 145 Å². The molecule has 0 fully saturated rings. The van der Waals surface area contributed by atoms with Crippen LogP contribution >= 0.6 is 0 Å². The van der Waals surface area contributed by atoms with Crippen LogP contribution in [0.5, 0.6) is 0 Å². The van der Waals surface area contributed by atoms with E-state index < -0.39 is 0 Å². The van der Waals surface area contributed by atoms with Crippen LogP contribution in [0, 0.1) is 0 Å². The Morgan fingerprint density at radius 2 is 1.13 bits per heavy atom. The molecule has 38 heavy (non-hydrogen) atoms. The van der Waals surface area contributed by atoms with Crippen LogP contribution in [-0.4, -0.2) is 6.71 Å². The Morgan fingerprint density at radius 1 is 0.526 bits per heavy atom. The van der Waals surface area contributed by atoms with Crippen molar-refractivity contribution in [2.45, 2.75) is 6.42 Å². The molecule has 5 aromatic rings. The van der Waals surface area contributed by atoms with Crippen LogP contribution in [0.3, 0.4) is 0 Å². The third kappa shape index (κ3) is 3.02. The lowest BCUT2D eigenvalue weighted by Crippen LogP contribution is -2.55. The third-order valence-electron chi connectivity index (χ3n) is 8.06. The molecule has 1 aliphatic carbocycles. The number of hydrogen-bond acceptors (Lipinski definition) is 2. The lowest BCUT2D eigenvalue weighted by Gasteiger charge is -2.44. The topological polar surface area (TPSA) is 6.48 Å². The molecule has 0 atom stereocenters. The average Bonchev–Trinajstić information content (AvgIpc) is 3.18. The molecule has 2 nitrogen and oxygen atoms in total. The number of anilines is 5. The zero-order chi connectivity index (χ0) is 25.1. The van der Waals surface area contributed by atoms with Crippen LogP contribution < -0.4 is 20.7 Å². The molecule has 0 saturated carbocycles. The first-order valence-corrected chi connectivity index (χ1v) is 13.3. The zero-order valence-corrected chi connectivity index (χ0v) is 21.0. The van der Waals surface area contributed by atoms with Gasteiger partial charge >= 0.3 is 0 Å². The molecule has 0 N–H and O–H groups in total. The minimum atomic E-state index is 0.148. The summed E-state index contributed by atoms with van der Waals surface area (Å²) in [5, 5.41) is 0. The minimum Gasteiger partial charge on any atom is -0.311 e. The molecule has 178 valence electrons. The fourth-order valence-electron chi connectivity index (χ4n) is 6.55. The summed E-state index contributed by atoms with van der Waals surface area (Å²) in [6, 6.07) is 46.3. The molecule has 0 unspecified atom stereocenters. The minimum absolute atomic E-state index is 0.148. The summed E-state index contributed by atoms with van der Waals surface area (Å²) in [7, 11) is 0. The van der Waals surface area contributed by atoms with E-state index in [-0.39, 0.29) is 6.71 Å².